The third kappa shape index (κ3) is 4.36. The number of aryl methyl sites for hydroxylation is 1. The Balaban J connectivity index is 1.78. The molecule has 0 atom stereocenters. The van der Waals surface area contributed by atoms with Gasteiger partial charge >= 0.3 is 5.63 Å². The average Bonchev–Trinajstić information content (AvgIpc) is 2.76. The highest BCUT2D eigenvalue weighted by atomic mass is 32.2. The largest absolute Gasteiger partial charge is 0.423 e. The molecule has 4 rings (SSSR count). The number of thioether (sulfide) groups is 1. The van der Waals surface area contributed by atoms with Gasteiger partial charge in [0.05, 0.1) is 10.9 Å². The van der Waals surface area contributed by atoms with Gasteiger partial charge in [0.15, 0.2) is 5.16 Å². The van der Waals surface area contributed by atoms with E-state index in [1.807, 2.05) is 31.2 Å². The maximum absolute atomic E-state index is 13.1. The van der Waals surface area contributed by atoms with Crippen LogP contribution in [0, 0.1) is 6.92 Å². The summed E-state index contributed by atoms with van der Waals surface area (Å²) in [5, 5.41) is 11.3. The zero-order valence-corrected chi connectivity index (χ0v) is 19.2. The predicted octanol–water partition coefficient (Wildman–Crippen LogP) is 4.61. The molecule has 1 N–H and O–H groups in total. The second-order valence-electron chi connectivity index (χ2n) is 8.18. The van der Waals surface area contributed by atoms with E-state index in [1.165, 1.54) is 23.4 Å². The van der Waals surface area contributed by atoms with E-state index >= 15 is 0 Å². The van der Waals surface area contributed by atoms with Crippen LogP contribution in [0.15, 0.2) is 61.6 Å². The molecule has 6 nitrogen and oxygen atoms in total. The van der Waals surface area contributed by atoms with Gasteiger partial charge < -0.3 is 9.52 Å². The summed E-state index contributed by atoms with van der Waals surface area (Å²) in [6.07, 6.45) is 0.461. The Morgan fingerprint density at radius 3 is 2.66 bits per heavy atom. The summed E-state index contributed by atoms with van der Waals surface area (Å²) < 4.78 is 7.07. The van der Waals surface area contributed by atoms with Crippen molar-refractivity contribution >= 4 is 33.6 Å². The molecule has 4 aromatic rings. The zero-order valence-electron chi connectivity index (χ0n) is 18.4. The van der Waals surface area contributed by atoms with Gasteiger partial charge in [0.25, 0.3) is 5.56 Å². The predicted molar refractivity (Wildman–Crippen MR) is 129 cm³/mol. The summed E-state index contributed by atoms with van der Waals surface area (Å²) in [5.74, 6) is 0.810. The van der Waals surface area contributed by atoms with E-state index in [0.717, 1.165) is 16.5 Å². The molecule has 0 radical (unpaired) electrons. The van der Waals surface area contributed by atoms with Crippen LogP contribution in [0.5, 0.6) is 0 Å². The molecule has 0 unspecified atom stereocenters. The number of hydrogen-bond donors (Lipinski definition) is 1. The van der Waals surface area contributed by atoms with Gasteiger partial charge in [-0.05, 0) is 60.2 Å². The Labute approximate surface area is 189 Å². The van der Waals surface area contributed by atoms with E-state index in [9.17, 15) is 14.7 Å². The summed E-state index contributed by atoms with van der Waals surface area (Å²) in [6.45, 7) is 6.67. The Morgan fingerprint density at radius 2 is 1.91 bits per heavy atom. The van der Waals surface area contributed by atoms with Gasteiger partial charge in [-0.15, -0.1) is 0 Å². The van der Waals surface area contributed by atoms with Crippen LogP contribution in [0.25, 0.3) is 21.9 Å². The van der Waals surface area contributed by atoms with Crippen molar-refractivity contribution in [2.45, 2.75) is 50.6 Å². The molecule has 2 aromatic heterocycles. The first-order valence-electron chi connectivity index (χ1n) is 10.7. The molecule has 32 heavy (non-hydrogen) atoms. The van der Waals surface area contributed by atoms with Crippen LogP contribution in [0.1, 0.15) is 42.9 Å². The van der Waals surface area contributed by atoms with Crippen molar-refractivity contribution in [1.29, 1.82) is 0 Å². The number of fused-ring (bicyclic) bond motifs is 2. The van der Waals surface area contributed by atoms with Crippen LogP contribution in [0.3, 0.4) is 0 Å². The maximum Gasteiger partial charge on any atom is 0.336 e. The smallest absolute Gasteiger partial charge is 0.336 e. The van der Waals surface area contributed by atoms with Crippen molar-refractivity contribution in [2.24, 2.45) is 0 Å². The highest BCUT2D eigenvalue weighted by Crippen LogP contribution is 2.30. The molecule has 7 heteroatoms. The highest BCUT2D eigenvalue weighted by Gasteiger charge is 2.15. The van der Waals surface area contributed by atoms with E-state index in [1.54, 1.807) is 10.6 Å². The quantitative estimate of drug-likeness (QED) is 0.251. The molecule has 0 aliphatic rings. The number of hydrogen-bond acceptors (Lipinski definition) is 6. The van der Waals surface area contributed by atoms with Crippen LogP contribution in [0.2, 0.25) is 0 Å². The van der Waals surface area contributed by atoms with E-state index in [2.05, 4.69) is 19.9 Å². The normalized spacial score (nSPS) is 11.7. The first-order valence-corrected chi connectivity index (χ1v) is 11.7. The van der Waals surface area contributed by atoms with Crippen molar-refractivity contribution in [3.63, 3.8) is 0 Å². The van der Waals surface area contributed by atoms with Crippen LogP contribution in [-0.2, 0) is 12.3 Å². The fourth-order valence-corrected chi connectivity index (χ4v) is 4.98. The standard InChI is InChI=1S/C25H26N2O4S/c1-15(2)19-13-20-17(12-23(29)31-22(20)11-16(19)3)14-32-25-26-21-8-5-4-7-18(21)24(30)27(25)9-6-10-28/h4-5,7-8,11-13,15,28H,6,9-10,14H2,1-3H3. The molecule has 2 aromatic carbocycles. The molecule has 0 saturated heterocycles. The first kappa shape index (κ1) is 22.3. The second kappa shape index (κ2) is 9.30. The third-order valence-electron chi connectivity index (χ3n) is 5.56. The monoisotopic (exact) mass is 450 g/mol. The van der Waals surface area contributed by atoms with Crippen molar-refractivity contribution in [1.82, 2.24) is 9.55 Å². The lowest BCUT2D eigenvalue weighted by atomic mass is 9.95. The lowest BCUT2D eigenvalue weighted by Gasteiger charge is -2.14. The molecule has 0 bridgehead atoms. The molecule has 0 aliphatic carbocycles. The fourth-order valence-electron chi connectivity index (χ4n) is 3.96. The number of aliphatic hydroxyl groups is 1. The molecule has 0 spiro atoms. The summed E-state index contributed by atoms with van der Waals surface area (Å²) in [7, 11) is 0. The second-order valence-corrected chi connectivity index (χ2v) is 9.13. The van der Waals surface area contributed by atoms with Gasteiger partial charge in [0.2, 0.25) is 0 Å². The van der Waals surface area contributed by atoms with Crippen molar-refractivity contribution in [2.75, 3.05) is 6.61 Å². The molecular formula is C25H26N2O4S. The lowest BCUT2D eigenvalue weighted by molar-refractivity contribution is 0.276. The minimum Gasteiger partial charge on any atom is -0.423 e. The molecule has 166 valence electrons. The van der Waals surface area contributed by atoms with Crippen molar-refractivity contribution < 1.29 is 9.52 Å². The van der Waals surface area contributed by atoms with Crippen LogP contribution < -0.4 is 11.2 Å². The van der Waals surface area contributed by atoms with Gasteiger partial charge in [-0.25, -0.2) is 9.78 Å². The number of nitrogens with zero attached hydrogens (tertiary/aromatic N) is 2. The van der Waals surface area contributed by atoms with E-state index in [-0.39, 0.29) is 12.2 Å². The van der Waals surface area contributed by atoms with Gasteiger partial charge in [0, 0.05) is 30.4 Å². The number of benzene rings is 2. The molecular weight excluding hydrogens is 424 g/mol. The minimum atomic E-state index is -0.395. The van der Waals surface area contributed by atoms with Crippen LogP contribution in [-0.4, -0.2) is 21.3 Å². The van der Waals surface area contributed by atoms with Crippen LogP contribution in [0.4, 0.5) is 0 Å². The van der Waals surface area contributed by atoms with Crippen LogP contribution >= 0.6 is 11.8 Å². The van der Waals surface area contributed by atoms with Crippen molar-refractivity contribution in [3.8, 4) is 0 Å². The Hall–Kier alpha value is -2.90. The van der Waals surface area contributed by atoms with E-state index in [4.69, 9.17) is 9.40 Å². The number of para-hydroxylation sites is 1. The minimum absolute atomic E-state index is 0.00886. The SMILES string of the molecule is Cc1cc2oc(=O)cc(CSc3nc4ccccc4c(=O)n3CCCO)c2cc1C(C)C. The summed E-state index contributed by atoms with van der Waals surface area (Å²) >= 11 is 1.41. The zero-order chi connectivity index (χ0) is 22.8. The van der Waals surface area contributed by atoms with Gasteiger partial charge in [-0.3, -0.25) is 9.36 Å². The Morgan fingerprint density at radius 1 is 1.12 bits per heavy atom. The number of aromatic nitrogens is 2. The first-order chi connectivity index (χ1) is 15.4. The number of aliphatic hydroxyl groups excluding tert-OH is 1. The molecule has 0 aliphatic heterocycles. The van der Waals surface area contributed by atoms with Crippen molar-refractivity contribution in [3.05, 3.63) is 79.9 Å². The maximum atomic E-state index is 13.1. The van der Waals surface area contributed by atoms with E-state index in [0.29, 0.717) is 46.3 Å². The van der Waals surface area contributed by atoms with Gasteiger partial charge in [0.1, 0.15) is 5.58 Å². The highest BCUT2D eigenvalue weighted by molar-refractivity contribution is 7.98. The Kier molecular flexibility index (Phi) is 6.48. The lowest BCUT2D eigenvalue weighted by Crippen LogP contribution is -2.24. The van der Waals surface area contributed by atoms with Gasteiger partial charge in [-0.1, -0.05) is 37.7 Å². The average molecular weight is 451 g/mol. The summed E-state index contributed by atoms with van der Waals surface area (Å²) in [4.78, 5) is 30.0. The van der Waals surface area contributed by atoms with Gasteiger partial charge in [-0.2, -0.15) is 0 Å². The van der Waals surface area contributed by atoms with E-state index < -0.39 is 5.63 Å². The topological polar surface area (TPSA) is 85.3 Å². The molecule has 0 fully saturated rings. The molecule has 0 saturated carbocycles. The Bertz CT molecular complexity index is 1410. The molecule has 2 heterocycles. The number of rotatable bonds is 7. The fraction of sp³-hybridized carbons (Fsp3) is 0.320. The molecule has 0 amide bonds. The summed E-state index contributed by atoms with van der Waals surface area (Å²) in [6, 6.07) is 12.8. The summed E-state index contributed by atoms with van der Waals surface area (Å²) in [5.41, 5.74) is 3.83. The third-order valence-corrected chi connectivity index (χ3v) is 6.59.